The minimum absolute atomic E-state index is 0.179. The number of carbonyl (C=O) groups is 2. The molecule has 232 valence electrons. The van der Waals surface area contributed by atoms with Crippen LogP contribution in [0.5, 0.6) is 17.2 Å². The van der Waals surface area contributed by atoms with Gasteiger partial charge in [0.15, 0.2) is 29.2 Å². The number of anilines is 2. The maximum absolute atomic E-state index is 14.4. The van der Waals surface area contributed by atoms with Gasteiger partial charge in [-0.25, -0.2) is 18.7 Å². The topological polar surface area (TPSA) is 109 Å². The van der Waals surface area contributed by atoms with Crippen molar-refractivity contribution in [1.29, 1.82) is 0 Å². The van der Waals surface area contributed by atoms with Crippen molar-refractivity contribution in [3.8, 4) is 17.2 Å². The van der Waals surface area contributed by atoms with E-state index in [1.54, 1.807) is 12.1 Å². The Balaban J connectivity index is 1.54. The van der Waals surface area contributed by atoms with Crippen molar-refractivity contribution in [1.82, 2.24) is 9.97 Å². The predicted octanol–water partition coefficient (Wildman–Crippen LogP) is 5.21. The molecule has 0 bridgehead atoms. The van der Waals surface area contributed by atoms with Gasteiger partial charge < -0.3 is 24.3 Å². The van der Waals surface area contributed by atoms with E-state index in [2.05, 4.69) is 15.3 Å². The van der Waals surface area contributed by atoms with Crippen molar-refractivity contribution in [3.05, 3.63) is 60.5 Å². The highest BCUT2D eigenvalue weighted by molar-refractivity contribution is 6.34. The van der Waals surface area contributed by atoms with Crippen LogP contribution in [0.25, 0.3) is 16.5 Å². The first kappa shape index (κ1) is 30.8. The monoisotopic (exact) mass is 623 g/mol. The smallest absolute Gasteiger partial charge is 0.347 e. The number of benzene rings is 2. The van der Waals surface area contributed by atoms with E-state index in [0.29, 0.717) is 29.0 Å². The average Bonchev–Trinajstić information content (AvgIpc) is 3.11. The fourth-order valence-corrected chi connectivity index (χ4v) is 4.64. The van der Waals surface area contributed by atoms with Crippen LogP contribution in [0.15, 0.2) is 54.9 Å². The summed E-state index contributed by atoms with van der Waals surface area (Å²) in [6.07, 6.45) is -6.30. The number of hydrogen-bond donors (Lipinski definition) is 1. The molecule has 5 rings (SSSR count). The molecule has 15 heteroatoms. The van der Waals surface area contributed by atoms with Gasteiger partial charge in [-0.2, -0.15) is 17.6 Å². The number of ether oxygens (including phenoxy) is 4. The minimum atomic E-state index is -5.35. The molecular weight excluding hydrogens is 600 g/mol. The zero-order chi connectivity index (χ0) is 31.8. The molecule has 2 aromatic carbocycles. The Morgan fingerprint density at radius 3 is 2.30 bits per heavy atom. The highest BCUT2D eigenvalue weighted by Gasteiger charge is 2.78. The average molecular weight is 624 g/mol. The molecular formula is C29H23F6N3O6. The van der Waals surface area contributed by atoms with Gasteiger partial charge in [-0.05, 0) is 42.5 Å². The predicted molar refractivity (Wildman–Crippen MR) is 144 cm³/mol. The van der Waals surface area contributed by atoms with Crippen LogP contribution < -0.4 is 19.5 Å². The summed E-state index contributed by atoms with van der Waals surface area (Å²) in [5, 5.41) is 3.44. The highest BCUT2D eigenvalue weighted by atomic mass is 19.3. The van der Waals surface area contributed by atoms with Gasteiger partial charge in [0.1, 0.15) is 24.5 Å². The van der Waals surface area contributed by atoms with Gasteiger partial charge in [0, 0.05) is 35.4 Å². The Morgan fingerprint density at radius 2 is 1.61 bits per heavy atom. The lowest BCUT2D eigenvalue weighted by molar-refractivity contribution is -0.223. The third kappa shape index (κ3) is 5.42. The summed E-state index contributed by atoms with van der Waals surface area (Å²) >= 11 is 0. The molecule has 1 fully saturated rings. The first-order valence-corrected chi connectivity index (χ1v) is 12.9. The Labute approximate surface area is 245 Å². The lowest BCUT2D eigenvalue weighted by Gasteiger charge is -2.22. The molecule has 1 heterocycles. The van der Waals surface area contributed by atoms with Crippen molar-refractivity contribution >= 4 is 39.5 Å². The van der Waals surface area contributed by atoms with E-state index in [9.17, 15) is 35.9 Å². The molecule has 1 aromatic heterocycles. The van der Waals surface area contributed by atoms with Crippen LogP contribution in [0, 0.1) is 0 Å². The molecule has 2 aliphatic rings. The lowest BCUT2D eigenvalue weighted by Crippen LogP contribution is -2.44. The van der Waals surface area contributed by atoms with Crippen LogP contribution in [-0.2, 0) is 14.3 Å². The minimum Gasteiger partial charge on any atom is -0.493 e. The summed E-state index contributed by atoms with van der Waals surface area (Å²) in [7, 11) is 2.95. The molecule has 0 spiro atoms. The molecule has 9 nitrogen and oxygen atoms in total. The van der Waals surface area contributed by atoms with Crippen LogP contribution in [0.1, 0.15) is 5.56 Å². The Hall–Kier alpha value is -4.66. The fourth-order valence-electron chi connectivity index (χ4n) is 4.64. The van der Waals surface area contributed by atoms with Gasteiger partial charge in [0.2, 0.25) is 12.3 Å². The van der Waals surface area contributed by atoms with E-state index in [1.807, 2.05) is 0 Å². The zero-order valence-electron chi connectivity index (χ0n) is 23.0. The van der Waals surface area contributed by atoms with Gasteiger partial charge in [-0.1, -0.05) is 0 Å². The maximum Gasteiger partial charge on any atom is 0.347 e. The van der Waals surface area contributed by atoms with Gasteiger partial charge >= 0.3 is 11.8 Å². The molecule has 0 amide bonds. The second-order valence-corrected chi connectivity index (χ2v) is 9.71. The van der Waals surface area contributed by atoms with Gasteiger partial charge in [0.25, 0.3) is 0 Å². The zero-order valence-corrected chi connectivity index (χ0v) is 23.0. The van der Waals surface area contributed by atoms with Gasteiger partial charge in [-0.15, -0.1) is 0 Å². The standard InChI is InChI=1S/C29H23F6N3O6/c1-41-7-8-43-23-12-19-18(11-22(23)42-2)27(37-13-36-19)38-14-3-6-21(17(9-14)16-10-15(39)4-5-20(16)40)44-24-25(30)28(32,33)29(34,35)26(24)31/h3-6,9-13,24-26H,7-8H2,1-2H3,(H,36,37,38). The number of nitrogens with one attached hydrogen (secondary N) is 1. The van der Waals surface area contributed by atoms with E-state index >= 15 is 0 Å². The summed E-state index contributed by atoms with van der Waals surface area (Å²) < 4.78 is 105. The number of ketones is 2. The summed E-state index contributed by atoms with van der Waals surface area (Å²) in [6, 6.07) is 6.72. The van der Waals surface area contributed by atoms with E-state index in [0.717, 1.165) is 24.3 Å². The second kappa shape index (κ2) is 11.8. The van der Waals surface area contributed by atoms with Gasteiger partial charge in [0.05, 0.1) is 19.2 Å². The molecule has 0 saturated heterocycles. The summed E-state index contributed by atoms with van der Waals surface area (Å²) in [4.78, 5) is 33.2. The van der Waals surface area contributed by atoms with Gasteiger partial charge in [-0.3, -0.25) is 9.59 Å². The molecule has 2 unspecified atom stereocenters. The van der Waals surface area contributed by atoms with Crippen LogP contribution in [0.3, 0.4) is 0 Å². The van der Waals surface area contributed by atoms with Crippen molar-refractivity contribution in [2.45, 2.75) is 30.3 Å². The summed E-state index contributed by atoms with van der Waals surface area (Å²) in [5.41, 5.74) is 0.00642. The number of aromatic nitrogens is 2. The number of nitrogens with zero attached hydrogens (tertiary/aromatic N) is 2. The molecule has 2 aliphatic carbocycles. The van der Waals surface area contributed by atoms with E-state index < -0.39 is 47.6 Å². The Kier molecular flexibility index (Phi) is 8.25. The van der Waals surface area contributed by atoms with Crippen molar-refractivity contribution in [2.24, 2.45) is 0 Å². The first-order valence-electron chi connectivity index (χ1n) is 12.9. The molecule has 2 atom stereocenters. The van der Waals surface area contributed by atoms with Crippen molar-refractivity contribution in [2.75, 3.05) is 32.8 Å². The normalized spacial score (nSPS) is 22.2. The second-order valence-electron chi connectivity index (χ2n) is 9.71. The van der Waals surface area contributed by atoms with E-state index in [-0.39, 0.29) is 29.2 Å². The van der Waals surface area contributed by atoms with Crippen LogP contribution in [-0.4, -0.2) is 79.3 Å². The van der Waals surface area contributed by atoms with Crippen LogP contribution in [0.2, 0.25) is 0 Å². The first-order chi connectivity index (χ1) is 20.9. The highest BCUT2D eigenvalue weighted by Crippen LogP contribution is 2.52. The maximum atomic E-state index is 14.4. The van der Waals surface area contributed by atoms with E-state index in [4.69, 9.17) is 18.9 Å². The number of methoxy groups -OCH3 is 2. The molecule has 3 aromatic rings. The number of carbonyl (C=O) groups excluding carboxylic acids is 2. The number of hydrogen-bond acceptors (Lipinski definition) is 9. The number of rotatable bonds is 10. The van der Waals surface area contributed by atoms with Crippen molar-refractivity contribution in [3.63, 3.8) is 0 Å². The molecule has 1 saturated carbocycles. The van der Waals surface area contributed by atoms with Crippen LogP contribution >= 0.6 is 0 Å². The molecule has 0 radical (unpaired) electrons. The summed E-state index contributed by atoms with van der Waals surface area (Å²) in [5.74, 6) is -11.7. The Morgan fingerprint density at radius 1 is 0.886 bits per heavy atom. The number of halogens is 6. The molecule has 44 heavy (non-hydrogen) atoms. The third-order valence-corrected chi connectivity index (χ3v) is 6.93. The number of allylic oxidation sites excluding steroid dienone is 4. The number of alkyl halides is 6. The molecule has 1 N–H and O–H groups in total. The van der Waals surface area contributed by atoms with Crippen LogP contribution in [0.4, 0.5) is 37.8 Å². The van der Waals surface area contributed by atoms with Crippen molar-refractivity contribution < 1.29 is 54.9 Å². The van der Waals surface area contributed by atoms with E-state index in [1.165, 1.54) is 32.7 Å². The SMILES string of the molecule is COCCOc1cc2ncnc(Nc3ccc(OC4C(F)C(F)(F)C(F)(F)C4F)c(C4=CC(=O)C=CC4=O)c3)c2cc1OC. The third-order valence-electron chi connectivity index (χ3n) is 6.93. The number of fused-ring (bicyclic) bond motifs is 1. The summed E-state index contributed by atoms with van der Waals surface area (Å²) in [6.45, 7) is 0.560. The molecule has 0 aliphatic heterocycles. The quantitative estimate of drug-likeness (QED) is 0.185. The Bertz CT molecular complexity index is 1660. The fraction of sp³-hybridized carbons (Fsp3) is 0.310. The largest absolute Gasteiger partial charge is 0.493 e. The lowest BCUT2D eigenvalue weighted by atomic mass is 9.95.